The molecule has 0 fully saturated rings. The van der Waals surface area contributed by atoms with Crippen LogP contribution < -0.4 is 11.1 Å². The highest BCUT2D eigenvalue weighted by molar-refractivity contribution is 4.74. The first-order valence-corrected chi connectivity index (χ1v) is 4.95. The Bertz CT molecular complexity index is 110. The summed E-state index contributed by atoms with van der Waals surface area (Å²) in [6, 6.07) is 0.626. The molecule has 0 rings (SSSR count). The summed E-state index contributed by atoms with van der Waals surface area (Å²) in [5, 5.41) is 3.49. The Labute approximate surface area is 76.9 Å². The molecule has 1 unspecified atom stereocenters. The second-order valence-electron chi connectivity index (χ2n) is 4.44. The van der Waals surface area contributed by atoms with Crippen LogP contribution in [0.25, 0.3) is 0 Å². The van der Waals surface area contributed by atoms with E-state index >= 15 is 0 Å². The number of hydrogen-bond acceptors (Lipinski definition) is 2. The van der Waals surface area contributed by atoms with Crippen molar-refractivity contribution in [3.63, 3.8) is 0 Å². The monoisotopic (exact) mass is 172 g/mol. The molecule has 0 amide bonds. The summed E-state index contributed by atoms with van der Waals surface area (Å²) >= 11 is 0. The largest absolute Gasteiger partial charge is 0.330 e. The van der Waals surface area contributed by atoms with E-state index in [1.54, 1.807) is 0 Å². The molecular formula is C10H24N2. The lowest BCUT2D eigenvalue weighted by atomic mass is 9.93. The topological polar surface area (TPSA) is 38.0 Å². The van der Waals surface area contributed by atoms with Gasteiger partial charge in [-0.05, 0) is 25.3 Å². The number of rotatable bonds is 6. The second-order valence-corrected chi connectivity index (χ2v) is 4.44. The van der Waals surface area contributed by atoms with Crippen molar-refractivity contribution in [2.45, 2.75) is 46.6 Å². The van der Waals surface area contributed by atoms with Crippen LogP contribution in [0, 0.1) is 5.41 Å². The van der Waals surface area contributed by atoms with E-state index in [-0.39, 0.29) is 5.41 Å². The Hall–Kier alpha value is -0.0800. The predicted octanol–water partition coefficient (Wildman–Crippen LogP) is 1.75. The van der Waals surface area contributed by atoms with Crippen molar-refractivity contribution >= 4 is 0 Å². The fourth-order valence-electron chi connectivity index (χ4n) is 1.06. The molecule has 2 nitrogen and oxygen atoms in total. The molecule has 0 radical (unpaired) electrons. The smallest absolute Gasteiger partial charge is 0.00388 e. The van der Waals surface area contributed by atoms with E-state index < -0.39 is 0 Å². The number of nitrogens with one attached hydrogen (secondary N) is 1. The van der Waals surface area contributed by atoms with Crippen LogP contribution in [0.15, 0.2) is 0 Å². The summed E-state index contributed by atoms with van der Waals surface area (Å²) < 4.78 is 0. The molecule has 0 heterocycles. The minimum atomic E-state index is 0.238. The maximum Gasteiger partial charge on any atom is 0.00388 e. The summed E-state index contributed by atoms with van der Waals surface area (Å²) in [7, 11) is 0. The van der Waals surface area contributed by atoms with E-state index in [0.29, 0.717) is 6.04 Å². The standard InChI is InChI=1S/C10H24N2/c1-5-6-9(2)12-8-10(3,4)7-11/h9,12H,5-8,11H2,1-4H3. The third-order valence-electron chi connectivity index (χ3n) is 2.20. The molecule has 0 aliphatic rings. The Morgan fingerprint density at radius 2 is 2.00 bits per heavy atom. The van der Waals surface area contributed by atoms with Crippen molar-refractivity contribution in [2.75, 3.05) is 13.1 Å². The summed E-state index contributed by atoms with van der Waals surface area (Å²) in [5.74, 6) is 0. The van der Waals surface area contributed by atoms with Crippen LogP contribution in [-0.2, 0) is 0 Å². The van der Waals surface area contributed by atoms with Crippen molar-refractivity contribution < 1.29 is 0 Å². The maximum absolute atomic E-state index is 5.63. The van der Waals surface area contributed by atoms with Crippen LogP contribution >= 0.6 is 0 Å². The highest BCUT2D eigenvalue weighted by Gasteiger charge is 2.15. The van der Waals surface area contributed by atoms with Gasteiger partial charge in [0.1, 0.15) is 0 Å². The third kappa shape index (κ3) is 5.56. The normalized spacial score (nSPS) is 14.8. The van der Waals surface area contributed by atoms with E-state index in [9.17, 15) is 0 Å². The Balaban J connectivity index is 3.52. The van der Waals surface area contributed by atoms with Gasteiger partial charge in [-0.25, -0.2) is 0 Å². The molecule has 0 spiro atoms. The van der Waals surface area contributed by atoms with E-state index in [4.69, 9.17) is 5.73 Å². The average Bonchev–Trinajstić information content (AvgIpc) is 2.02. The zero-order chi connectivity index (χ0) is 9.61. The minimum absolute atomic E-state index is 0.238. The van der Waals surface area contributed by atoms with Gasteiger partial charge in [0, 0.05) is 12.6 Å². The summed E-state index contributed by atoms with van der Waals surface area (Å²) in [6.07, 6.45) is 2.50. The molecule has 0 aromatic rings. The molecule has 0 aromatic carbocycles. The highest BCUT2D eigenvalue weighted by atomic mass is 14.9. The first-order valence-electron chi connectivity index (χ1n) is 4.95. The van der Waals surface area contributed by atoms with Gasteiger partial charge in [0.05, 0.1) is 0 Å². The van der Waals surface area contributed by atoms with E-state index in [0.717, 1.165) is 13.1 Å². The molecule has 0 aliphatic heterocycles. The van der Waals surface area contributed by atoms with Crippen LogP contribution in [0.4, 0.5) is 0 Å². The molecule has 3 N–H and O–H groups in total. The molecular weight excluding hydrogens is 148 g/mol. The first-order chi connectivity index (χ1) is 5.52. The van der Waals surface area contributed by atoms with Gasteiger partial charge in [-0.1, -0.05) is 27.2 Å². The van der Waals surface area contributed by atoms with Gasteiger partial charge in [-0.15, -0.1) is 0 Å². The average molecular weight is 172 g/mol. The van der Waals surface area contributed by atoms with E-state index in [1.807, 2.05) is 0 Å². The molecule has 74 valence electrons. The van der Waals surface area contributed by atoms with Gasteiger partial charge in [-0.3, -0.25) is 0 Å². The first kappa shape index (κ1) is 11.9. The van der Waals surface area contributed by atoms with Crippen LogP contribution in [0.1, 0.15) is 40.5 Å². The van der Waals surface area contributed by atoms with Gasteiger partial charge < -0.3 is 11.1 Å². The van der Waals surface area contributed by atoms with Crippen molar-refractivity contribution in [2.24, 2.45) is 11.1 Å². The maximum atomic E-state index is 5.63. The molecule has 12 heavy (non-hydrogen) atoms. The fourth-order valence-corrected chi connectivity index (χ4v) is 1.06. The third-order valence-corrected chi connectivity index (χ3v) is 2.20. The van der Waals surface area contributed by atoms with Crippen molar-refractivity contribution in [3.8, 4) is 0 Å². The van der Waals surface area contributed by atoms with Crippen LogP contribution in [0.2, 0.25) is 0 Å². The Morgan fingerprint density at radius 1 is 1.42 bits per heavy atom. The lowest BCUT2D eigenvalue weighted by molar-refractivity contribution is 0.328. The predicted molar refractivity (Wildman–Crippen MR) is 55.2 cm³/mol. The molecule has 0 bridgehead atoms. The summed E-state index contributed by atoms with van der Waals surface area (Å²) in [6.45, 7) is 10.6. The van der Waals surface area contributed by atoms with Gasteiger partial charge in [0.25, 0.3) is 0 Å². The minimum Gasteiger partial charge on any atom is -0.330 e. The van der Waals surface area contributed by atoms with Gasteiger partial charge in [0.15, 0.2) is 0 Å². The quantitative estimate of drug-likeness (QED) is 0.640. The van der Waals surface area contributed by atoms with Crippen LogP contribution in [-0.4, -0.2) is 19.1 Å². The SMILES string of the molecule is CCCC(C)NCC(C)(C)CN. The van der Waals surface area contributed by atoms with Crippen molar-refractivity contribution in [1.82, 2.24) is 5.32 Å². The molecule has 0 saturated carbocycles. The zero-order valence-electron chi connectivity index (χ0n) is 8.98. The van der Waals surface area contributed by atoms with Gasteiger partial charge >= 0.3 is 0 Å². The zero-order valence-corrected chi connectivity index (χ0v) is 8.98. The van der Waals surface area contributed by atoms with Gasteiger partial charge in [0.2, 0.25) is 0 Å². The summed E-state index contributed by atoms with van der Waals surface area (Å²) in [4.78, 5) is 0. The van der Waals surface area contributed by atoms with Crippen LogP contribution in [0.5, 0.6) is 0 Å². The van der Waals surface area contributed by atoms with Gasteiger partial charge in [-0.2, -0.15) is 0 Å². The number of nitrogens with two attached hydrogens (primary N) is 1. The second kappa shape index (κ2) is 5.55. The van der Waals surface area contributed by atoms with E-state index in [2.05, 4.69) is 33.0 Å². The number of hydrogen-bond donors (Lipinski definition) is 2. The molecule has 2 heteroatoms. The van der Waals surface area contributed by atoms with Crippen molar-refractivity contribution in [1.29, 1.82) is 0 Å². The molecule has 0 saturated heterocycles. The molecule has 1 atom stereocenters. The lowest BCUT2D eigenvalue weighted by Crippen LogP contribution is -2.39. The lowest BCUT2D eigenvalue weighted by Gasteiger charge is -2.25. The molecule has 0 aliphatic carbocycles. The Morgan fingerprint density at radius 3 is 2.42 bits per heavy atom. The van der Waals surface area contributed by atoms with E-state index in [1.165, 1.54) is 12.8 Å². The highest BCUT2D eigenvalue weighted by Crippen LogP contribution is 2.10. The van der Waals surface area contributed by atoms with Crippen molar-refractivity contribution in [3.05, 3.63) is 0 Å². The molecule has 0 aromatic heterocycles. The Kier molecular flexibility index (Phi) is 5.51. The fraction of sp³-hybridized carbons (Fsp3) is 1.00. The summed E-state index contributed by atoms with van der Waals surface area (Å²) in [5.41, 5.74) is 5.86. The van der Waals surface area contributed by atoms with Crippen LogP contribution in [0.3, 0.4) is 0 Å².